The van der Waals surface area contributed by atoms with Gasteiger partial charge in [-0.15, -0.1) is 10.2 Å². The molecule has 124 valence electrons. The van der Waals surface area contributed by atoms with Crippen molar-refractivity contribution in [1.29, 1.82) is 0 Å². The zero-order chi connectivity index (χ0) is 16.5. The number of hydrogen-bond donors (Lipinski definition) is 0. The van der Waals surface area contributed by atoms with Crippen LogP contribution in [0, 0.1) is 0 Å². The van der Waals surface area contributed by atoms with Crippen LogP contribution < -0.4 is 0 Å². The van der Waals surface area contributed by atoms with E-state index in [9.17, 15) is 13.2 Å². The maximum atomic E-state index is 12.3. The van der Waals surface area contributed by atoms with Crippen LogP contribution in [0.3, 0.4) is 0 Å². The van der Waals surface area contributed by atoms with Crippen LogP contribution >= 0.6 is 0 Å². The molecule has 1 atom stereocenters. The fraction of sp³-hybridized carbons (Fsp3) is 0.846. The highest BCUT2D eigenvalue weighted by atomic mass is 32.2. The molecule has 0 aromatic carbocycles. The summed E-state index contributed by atoms with van der Waals surface area (Å²) in [5.41, 5.74) is 0. The Labute approximate surface area is 130 Å². The van der Waals surface area contributed by atoms with E-state index in [1.165, 1.54) is 18.6 Å². The van der Waals surface area contributed by atoms with Crippen LogP contribution in [0.2, 0.25) is 0 Å². The van der Waals surface area contributed by atoms with Gasteiger partial charge in [0.15, 0.2) is 15.7 Å². The first-order chi connectivity index (χ1) is 10.1. The number of carbonyl (C=O) groups excluding carboxylic acids is 1. The van der Waals surface area contributed by atoms with Gasteiger partial charge in [-0.1, -0.05) is 0 Å². The third-order valence-electron chi connectivity index (χ3n) is 4.32. The van der Waals surface area contributed by atoms with Crippen LogP contribution in [0.25, 0.3) is 0 Å². The lowest BCUT2D eigenvalue weighted by molar-refractivity contribution is -0.135. The van der Waals surface area contributed by atoms with E-state index >= 15 is 0 Å². The molecule has 22 heavy (non-hydrogen) atoms. The number of carbonyl (C=O) groups is 1. The lowest BCUT2D eigenvalue weighted by atomic mass is 10.0. The first-order valence-electron chi connectivity index (χ1n) is 7.40. The summed E-state index contributed by atoms with van der Waals surface area (Å²) in [5.74, 6) is 0.0443. The molecule has 1 fully saturated rings. The monoisotopic (exact) mass is 329 g/mol. The van der Waals surface area contributed by atoms with Crippen molar-refractivity contribution in [3.05, 3.63) is 5.82 Å². The van der Waals surface area contributed by atoms with Gasteiger partial charge < -0.3 is 4.90 Å². The fourth-order valence-corrected chi connectivity index (χ4v) is 2.81. The lowest BCUT2D eigenvalue weighted by Crippen LogP contribution is -2.43. The number of amides is 1. The molecule has 0 saturated carbocycles. The lowest BCUT2D eigenvalue weighted by Gasteiger charge is -2.33. The number of sulfone groups is 1. The van der Waals surface area contributed by atoms with E-state index in [1.54, 1.807) is 0 Å². The maximum Gasteiger partial charge on any atom is 0.246 e. The van der Waals surface area contributed by atoms with E-state index < -0.39 is 14.6 Å². The highest BCUT2D eigenvalue weighted by Crippen LogP contribution is 2.25. The van der Waals surface area contributed by atoms with Gasteiger partial charge in [0.05, 0.1) is 0 Å². The summed E-state index contributed by atoms with van der Waals surface area (Å²) in [4.78, 5) is 15.3. The average molecular weight is 329 g/mol. The molecule has 0 spiro atoms. The highest BCUT2D eigenvalue weighted by Gasteiger charge is 2.37. The minimum atomic E-state index is -3.37. The van der Waals surface area contributed by atoms with Crippen LogP contribution in [0.15, 0.2) is 0 Å². The molecule has 0 bridgehead atoms. The van der Waals surface area contributed by atoms with E-state index in [2.05, 4.69) is 15.4 Å². The predicted octanol–water partition coefficient (Wildman–Crippen LogP) is 0.354. The second kappa shape index (κ2) is 5.94. The first-order valence-corrected chi connectivity index (χ1v) is 9.29. The van der Waals surface area contributed by atoms with Gasteiger partial charge in [0.2, 0.25) is 5.91 Å². The molecule has 1 aliphatic rings. The van der Waals surface area contributed by atoms with E-state index in [0.717, 1.165) is 32.1 Å². The van der Waals surface area contributed by atoms with Gasteiger partial charge in [-0.2, -0.15) is 4.80 Å². The molecule has 1 aromatic heterocycles. The number of likely N-dealkylation sites (tertiary alicyclic amines) is 1. The van der Waals surface area contributed by atoms with Crippen molar-refractivity contribution in [3.63, 3.8) is 0 Å². The van der Waals surface area contributed by atoms with E-state index in [4.69, 9.17) is 0 Å². The Bertz CT molecular complexity index is 652. The molecule has 9 heteroatoms. The first kappa shape index (κ1) is 16.9. The quantitative estimate of drug-likeness (QED) is 0.791. The van der Waals surface area contributed by atoms with Crippen molar-refractivity contribution in [2.75, 3.05) is 12.8 Å². The zero-order valence-electron chi connectivity index (χ0n) is 13.5. The number of nitrogens with zero attached hydrogens (tertiary/aromatic N) is 5. The van der Waals surface area contributed by atoms with E-state index in [-0.39, 0.29) is 24.3 Å². The number of rotatable bonds is 4. The van der Waals surface area contributed by atoms with Gasteiger partial charge in [-0.3, -0.25) is 4.79 Å². The van der Waals surface area contributed by atoms with Crippen LogP contribution in [0.5, 0.6) is 0 Å². The molecular formula is C13H23N5O3S. The Kier molecular flexibility index (Phi) is 4.55. The zero-order valence-corrected chi connectivity index (χ0v) is 14.3. The van der Waals surface area contributed by atoms with Crippen molar-refractivity contribution in [3.8, 4) is 0 Å². The minimum Gasteiger partial charge on any atom is -0.338 e. The van der Waals surface area contributed by atoms with Crippen molar-refractivity contribution >= 4 is 15.7 Å². The second-order valence-electron chi connectivity index (χ2n) is 6.36. The SMILES string of the molecule is CC1CCCCN1C(=O)Cn1nnc(C(C)(C)S(C)(=O)=O)n1. The van der Waals surface area contributed by atoms with Crippen LogP contribution in [0.4, 0.5) is 0 Å². The Morgan fingerprint density at radius 1 is 1.36 bits per heavy atom. The van der Waals surface area contributed by atoms with Crippen LogP contribution in [0.1, 0.15) is 45.9 Å². The Morgan fingerprint density at radius 2 is 2.05 bits per heavy atom. The average Bonchev–Trinajstić information content (AvgIpc) is 2.87. The van der Waals surface area contributed by atoms with Gasteiger partial charge in [0.1, 0.15) is 11.3 Å². The molecular weight excluding hydrogens is 306 g/mol. The summed E-state index contributed by atoms with van der Waals surface area (Å²) in [7, 11) is -3.37. The summed E-state index contributed by atoms with van der Waals surface area (Å²) in [6.07, 6.45) is 4.28. The number of tetrazole rings is 1. The molecule has 1 saturated heterocycles. The summed E-state index contributed by atoms with van der Waals surface area (Å²) in [5, 5.41) is 11.7. The third kappa shape index (κ3) is 3.29. The minimum absolute atomic E-state index is 0.0167. The molecule has 0 radical (unpaired) electrons. The summed E-state index contributed by atoms with van der Waals surface area (Å²) < 4.78 is 22.3. The standard InChI is InChI=1S/C13H23N5O3S/c1-10-7-5-6-8-17(10)11(19)9-18-15-12(14-16-18)13(2,3)22(4,20)21/h10H,5-9H2,1-4H3. The molecule has 1 unspecified atom stereocenters. The number of hydrogen-bond acceptors (Lipinski definition) is 6. The highest BCUT2D eigenvalue weighted by molar-refractivity contribution is 7.91. The van der Waals surface area contributed by atoms with Crippen LogP contribution in [-0.2, 0) is 25.9 Å². The fourth-order valence-electron chi connectivity index (χ4n) is 2.40. The van der Waals surface area contributed by atoms with Gasteiger partial charge >= 0.3 is 0 Å². The molecule has 0 aliphatic carbocycles. The summed E-state index contributed by atoms with van der Waals surface area (Å²) in [6.45, 7) is 5.81. The molecule has 1 amide bonds. The van der Waals surface area contributed by atoms with E-state index in [0.29, 0.717) is 0 Å². The topological polar surface area (TPSA) is 98.0 Å². The maximum absolute atomic E-state index is 12.3. The van der Waals surface area contributed by atoms with Gasteiger partial charge in [-0.05, 0) is 45.2 Å². The molecule has 1 aromatic rings. The Hall–Kier alpha value is -1.51. The number of aromatic nitrogens is 4. The summed E-state index contributed by atoms with van der Waals surface area (Å²) >= 11 is 0. The van der Waals surface area contributed by atoms with Crippen molar-refractivity contribution in [2.45, 2.75) is 57.4 Å². The van der Waals surface area contributed by atoms with Crippen LogP contribution in [-0.4, -0.2) is 58.3 Å². The largest absolute Gasteiger partial charge is 0.338 e. The molecule has 0 N–H and O–H groups in total. The van der Waals surface area contributed by atoms with Gasteiger partial charge in [-0.25, -0.2) is 8.42 Å². The van der Waals surface area contributed by atoms with E-state index in [1.807, 2.05) is 11.8 Å². The molecule has 1 aliphatic heterocycles. The van der Waals surface area contributed by atoms with Crippen molar-refractivity contribution < 1.29 is 13.2 Å². The third-order valence-corrected chi connectivity index (χ3v) is 6.35. The summed E-state index contributed by atoms with van der Waals surface area (Å²) in [6, 6.07) is 0.219. The molecule has 2 rings (SSSR count). The number of piperidine rings is 1. The van der Waals surface area contributed by atoms with Crippen molar-refractivity contribution in [1.82, 2.24) is 25.1 Å². The smallest absolute Gasteiger partial charge is 0.246 e. The normalized spacial score (nSPS) is 20.2. The van der Waals surface area contributed by atoms with Crippen molar-refractivity contribution in [2.24, 2.45) is 0 Å². The second-order valence-corrected chi connectivity index (χ2v) is 8.92. The van der Waals surface area contributed by atoms with Gasteiger partial charge in [0, 0.05) is 18.8 Å². The molecule has 8 nitrogen and oxygen atoms in total. The predicted molar refractivity (Wildman–Crippen MR) is 80.7 cm³/mol. The molecule has 2 heterocycles. The van der Waals surface area contributed by atoms with Gasteiger partial charge in [0.25, 0.3) is 0 Å². The Morgan fingerprint density at radius 3 is 2.64 bits per heavy atom. The Balaban J connectivity index is 2.11.